The van der Waals surface area contributed by atoms with Gasteiger partial charge in [0.1, 0.15) is 5.75 Å². The topological polar surface area (TPSA) is 61.8 Å². The lowest BCUT2D eigenvalue weighted by atomic mass is 10.3. The van der Waals surface area contributed by atoms with Crippen molar-refractivity contribution in [1.82, 2.24) is 0 Å². The monoisotopic (exact) mass is 264 g/mol. The number of benzene rings is 1. The van der Waals surface area contributed by atoms with Gasteiger partial charge in [0.2, 0.25) is 0 Å². The molecule has 1 rings (SSSR count). The first-order chi connectivity index (χ1) is 9.22. The van der Waals surface area contributed by atoms with Gasteiger partial charge in [-0.05, 0) is 25.0 Å². The summed E-state index contributed by atoms with van der Waals surface area (Å²) in [5, 5.41) is 0. The van der Waals surface area contributed by atoms with Gasteiger partial charge >= 0.3 is 12.1 Å². The molecule has 0 aliphatic rings. The molecule has 0 aliphatic carbocycles. The van der Waals surface area contributed by atoms with Gasteiger partial charge in [-0.1, -0.05) is 24.8 Å². The van der Waals surface area contributed by atoms with Gasteiger partial charge in [0.25, 0.3) is 0 Å². The predicted octanol–water partition coefficient (Wildman–Crippen LogP) is 2.71. The molecular weight excluding hydrogens is 248 g/mol. The van der Waals surface area contributed by atoms with E-state index in [1.54, 1.807) is 24.3 Å². The van der Waals surface area contributed by atoms with Gasteiger partial charge in [-0.15, -0.1) is 0 Å². The minimum Gasteiger partial charge on any atom is -0.463 e. The van der Waals surface area contributed by atoms with Crippen molar-refractivity contribution in [2.75, 3.05) is 13.2 Å². The molecule has 0 saturated heterocycles. The van der Waals surface area contributed by atoms with Gasteiger partial charge in [-0.25, -0.2) is 9.59 Å². The maximum atomic E-state index is 11.3. The molecule has 1 aromatic rings. The van der Waals surface area contributed by atoms with Crippen molar-refractivity contribution in [2.24, 2.45) is 0 Å². The summed E-state index contributed by atoms with van der Waals surface area (Å²) in [5.74, 6) is -0.0168. The van der Waals surface area contributed by atoms with Crippen LogP contribution < -0.4 is 4.74 Å². The number of carbonyl (C=O) groups excluding carboxylic acids is 2. The molecule has 0 amide bonds. The van der Waals surface area contributed by atoms with Crippen molar-refractivity contribution < 1.29 is 23.8 Å². The average molecular weight is 264 g/mol. The summed E-state index contributed by atoms with van der Waals surface area (Å²) in [4.78, 5) is 22.0. The van der Waals surface area contributed by atoms with Gasteiger partial charge in [-0.3, -0.25) is 0 Å². The second kappa shape index (κ2) is 8.74. The second-order valence-electron chi connectivity index (χ2n) is 3.59. The first-order valence-corrected chi connectivity index (χ1v) is 5.91. The van der Waals surface area contributed by atoms with Crippen molar-refractivity contribution in [3.63, 3.8) is 0 Å². The Hall–Kier alpha value is -2.30. The summed E-state index contributed by atoms with van der Waals surface area (Å²) < 4.78 is 14.5. The molecule has 0 aromatic heterocycles. The Bertz CT molecular complexity index is 413. The van der Waals surface area contributed by atoms with E-state index in [-0.39, 0.29) is 13.2 Å². The fraction of sp³-hybridized carbons (Fsp3) is 0.286. The van der Waals surface area contributed by atoms with Gasteiger partial charge in [0, 0.05) is 6.08 Å². The number of carbonyl (C=O) groups is 2. The third-order valence-corrected chi connectivity index (χ3v) is 2.11. The van der Waals surface area contributed by atoms with Crippen LogP contribution in [0, 0.1) is 0 Å². The minimum atomic E-state index is -0.741. The predicted molar refractivity (Wildman–Crippen MR) is 68.8 cm³/mol. The molecule has 0 N–H and O–H groups in total. The molecule has 0 unspecified atom stereocenters. The standard InChI is InChI=1S/C14H16O5/c1-2-13(15)17-10-6-7-11-18-14(16)19-12-8-4-3-5-9-12/h2-5,8-9H,1,6-7,10-11H2. The van der Waals surface area contributed by atoms with Crippen molar-refractivity contribution in [3.8, 4) is 5.75 Å². The zero-order valence-electron chi connectivity index (χ0n) is 10.5. The van der Waals surface area contributed by atoms with E-state index in [9.17, 15) is 9.59 Å². The fourth-order valence-corrected chi connectivity index (χ4v) is 1.21. The van der Waals surface area contributed by atoms with E-state index in [2.05, 4.69) is 6.58 Å². The zero-order valence-corrected chi connectivity index (χ0v) is 10.5. The molecule has 0 fully saturated rings. The van der Waals surface area contributed by atoms with E-state index < -0.39 is 12.1 Å². The molecule has 5 heteroatoms. The Morgan fingerprint density at radius 2 is 1.68 bits per heavy atom. The van der Waals surface area contributed by atoms with Gasteiger partial charge in [0.05, 0.1) is 13.2 Å². The molecule has 0 aliphatic heterocycles. The second-order valence-corrected chi connectivity index (χ2v) is 3.59. The molecule has 0 radical (unpaired) electrons. The molecule has 5 nitrogen and oxygen atoms in total. The summed E-state index contributed by atoms with van der Waals surface area (Å²) in [6.07, 6.45) is 1.56. The Balaban J connectivity index is 2.05. The molecule has 0 heterocycles. The summed E-state index contributed by atoms with van der Waals surface area (Å²) >= 11 is 0. The van der Waals surface area contributed by atoms with Crippen LogP contribution in [0.15, 0.2) is 43.0 Å². The third kappa shape index (κ3) is 6.88. The summed E-state index contributed by atoms with van der Waals surface area (Å²) in [7, 11) is 0. The molecule has 0 bridgehead atoms. The lowest BCUT2D eigenvalue weighted by Crippen LogP contribution is -2.12. The number of hydrogen-bond donors (Lipinski definition) is 0. The van der Waals surface area contributed by atoms with Gasteiger partial charge in [-0.2, -0.15) is 0 Å². The number of ether oxygens (including phenoxy) is 3. The highest BCUT2D eigenvalue weighted by Gasteiger charge is 2.05. The van der Waals surface area contributed by atoms with E-state index in [0.29, 0.717) is 18.6 Å². The van der Waals surface area contributed by atoms with Gasteiger partial charge in [0.15, 0.2) is 0 Å². The van der Waals surface area contributed by atoms with Crippen LogP contribution >= 0.6 is 0 Å². The molecule has 102 valence electrons. The number of rotatable bonds is 7. The van der Waals surface area contributed by atoms with Crippen LogP contribution in [0.5, 0.6) is 5.75 Å². The maximum absolute atomic E-state index is 11.3. The van der Waals surface area contributed by atoms with Crippen molar-refractivity contribution in [1.29, 1.82) is 0 Å². The fourth-order valence-electron chi connectivity index (χ4n) is 1.21. The van der Waals surface area contributed by atoms with Crippen LogP contribution in [-0.4, -0.2) is 25.3 Å². The summed E-state index contributed by atoms with van der Waals surface area (Å²) in [5.41, 5.74) is 0. The minimum absolute atomic E-state index is 0.220. The summed E-state index contributed by atoms with van der Waals surface area (Å²) in [6, 6.07) is 8.67. The van der Waals surface area contributed by atoms with Crippen LogP contribution in [0.4, 0.5) is 4.79 Å². The maximum Gasteiger partial charge on any atom is 0.513 e. The van der Waals surface area contributed by atoms with Crippen molar-refractivity contribution in [2.45, 2.75) is 12.8 Å². The van der Waals surface area contributed by atoms with E-state index in [1.807, 2.05) is 6.07 Å². The van der Waals surface area contributed by atoms with Crippen molar-refractivity contribution in [3.05, 3.63) is 43.0 Å². The van der Waals surface area contributed by atoms with Crippen molar-refractivity contribution >= 4 is 12.1 Å². The first kappa shape index (κ1) is 14.8. The number of esters is 1. The molecule has 0 atom stereocenters. The lowest BCUT2D eigenvalue weighted by Gasteiger charge is -2.05. The first-order valence-electron chi connectivity index (χ1n) is 5.91. The SMILES string of the molecule is C=CC(=O)OCCCCOC(=O)Oc1ccccc1. The van der Waals surface area contributed by atoms with E-state index in [0.717, 1.165) is 6.08 Å². The zero-order chi connectivity index (χ0) is 13.9. The Morgan fingerprint density at radius 3 is 2.32 bits per heavy atom. The molecule has 0 saturated carbocycles. The Morgan fingerprint density at radius 1 is 1.05 bits per heavy atom. The third-order valence-electron chi connectivity index (χ3n) is 2.11. The van der Waals surface area contributed by atoms with Crippen LogP contribution in [0.1, 0.15) is 12.8 Å². The lowest BCUT2D eigenvalue weighted by molar-refractivity contribution is -0.137. The van der Waals surface area contributed by atoms with Crippen LogP contribution in [0.2, 0.25) is 0 Å². The van der Waals surface area contributed by atoms with E-state index in [1.165, 1.54) is 0 Å². The van der Waals surface area contributed by atoms with Crippen LogP contribution in [0.25, 0.3) is 0 Å². The number of hydrogen-bond acceptors (Lipinski definition) is 5. The highest BCUT2D eigenvalue weighted by Crippen LogP contribution is 2.09. The highest BCUT2D eigenvalue weighted by atomic mass is 16.7. The largest absolute Gasteiger partial charge is 0.513 e. The quantitative estimate of drug-likeness (QED) is 0.328. The normalized spacial score (nSPS) is 9.47. The van der Waals surface area contributed by atoms with Crippen LogP contribution in [-0.2, 0) is 14.3 Å². The number of para-hydroxylation sites is 1. The highest BCUT2D eigenvalue weighted by molar-refractivity contribution is 5.81. The van der Waals surface area contributed by atoms with Crippen LogP contribution in [0.3, 0.4) is 0 Å². The molecule has 19 heavy (non-hydrogen) atoms. The van der Waals surface area contributed by atoms with E-state index >= 15 is 0 Å². The Kier molecular flexibility index (Phi) is 6.79. The Labute approximate surface area is 111 Å². The molecular formula is C14H16O5. The average Bonchev–Trinajstić information content (AvgIpc) is 2.43. The smallest absolute Gasteiger partial charge is 0.463 e. The van der Waals surface area contributed by atoms with E-state index in [4.69, 9.17) is 14.2 Å². The molecule has 1 aromatic carbocycles. The molecule has 0 spiro atoms. The number of unbranched alkanes of at least 4 members (excludes halogenated alkanes) is 1. The summed E-state index contributed by atoms with van der Waals surface area (Å²) in [6.45, 7) is 3.78. The van der Waals surface area contributed by atoms with Gasteiger partial charge < -0.3 is 14.2 Å².